The van der Waals surface area contributed by atoms with Crippen LogP contribution >= 0.6 is 0 Å². The molecule has 2 amide bonds. The van der Waals surface area contributed by atoms with E-state index < -0.39 is 23.4 Å². The minimum atomic E-state index is -0.831. The summed E-state index contributed by atoms with van der Waals surface area (Å²) in [4.78, 5) is 11.8. The first-order valence-electron chi connectivity index (χ1n) is 7.10. The average Bonchev–Trinajstić information content (AvgIpc) is 2.53. The number of halogens is 2. The highest BCUT2D eigenvalue weighted by molar-refractivity contribution is 5.89. The lowest BCUT2D eigenvalue weighted by Crippen LogP contribution is -2.33. The molecule has 2 aromatic carbocycles. The molecule has 0 heterocycles. The van der Waals surface area contributed by atoms with Gasteiger partial charge in [-0.15, -0.1) is 0 Å². The van der Waals surface area contributed by atoms with Crippen molar-refractivity contribution in [3.8, 4) is 0 Å². The minimum Gasteiger partial charge on any atom is -0.375 e. The quantitative estimate of drug-likeness (QED) is 0.881. The number of para-hydroxylation sites is 1. The predicted molar refractivity (Wildman–Crippen MR) is 84.3 cm³/mol. The topological polar surface area (TPSA) is 50.4 Å². The Kier molecular flexibility index (Phi) is 5.65. The second kappa shape index (κ2) is 7.69. The third-order valence-electron chi connectivity index (χ3n) is 3.47. The number of carbonyl (C=O) groups is 1. The Balaban J connectivity index is 1.99. The number of carbonyl (C=O) groups excluding carboxylic acids is 1. The summed E-state index contributed by atoms with van der Waals surface area (Å²) in [5.74, 6) is -1.66. The maximum Gasteiger partial charge on any atom is 0.319 e. The first-order valence-corrected chi connectivity index (χ1v) is 7.10. The van der Waals surface area contributed by atoms with Crippen LogP contribution in [0.5, 0.6) is 0 Å². The molecular formula is C17H18F2N2O2. The maximum absolute atomic E-state index is 13.5. The summed E-state index contributed by atoms with van der Waals surface area (Å²) in [5.41, 5.74) is 1.49. The number of hydrogen-bond donors (Lipinski definition) is 2. The van der Waals surface area contributed by atoms with Crippen LogP contribution in [0.2, 0.25) is 0 Å². The van der Waals surface area contributed by atoms with Crippen molar-refractivity contribution < 1.29 is 18.3 Å². The molecule has 0 radical (unpaired) electrons. The highest BCUT2D eigenvalue weighted by Gasteiger charge is 2.16. The Morgan fingerprint density at radius 1 is 1.13 bits per heavy atom. The van der Waals surface area contributed by atoms with Gasteiger partial charge in [-0.25, -0.2) is 13.6 Å². The lowest BCUT2D eigenvalue weighted by atomic mass is 10.0. The number of aryl methyl sites for hydroxylation is 1. The van der Waals surface area contributed by atoms with Crippen LogP contribution in [0.4, 0.5) is 19.3 Å². The zero-order valence-electron chi connectivity index (χ0n) is 12.9. The molecule has 0 aliphatic rings. The van der Waals surface area contributed by atoms with Crippen LogP contribution in [-0.4, -0.2) is 19.7 Å². The molecule has 0 aromatic heterocycles. The van der Waals surface area contributed by atoms with Crippen LogP contribution in [0.15, 0.2) is 42.5 Å². The zero-order chi connectivity index (χ0) is 16.8. The second-order valence-corrected chi connectivity index (χ2v) is 5.01. The molecule has 4 nitrogen and oxygen atoms in total. The predicted octanol–water partition coefficient (Wildman–Crippen LogP) is 3.78. The summed E-state index contributed by atoms with van der Waals surface area (Å²) in [6.45, 7) is 2.11. The number of hydrogen-bond acceptors (Lipinski definition) is 2. The summed E-state index contributed by atoms with van der Waals surface area (Å²) in [7, 11) is 1.53. The van der Waals surface area contributed by atoms with Crippen molar-refractivity contribution in [3.05, 3.63) is 65.2 Å². The van der Waals surface area contributed by atoms with E-state index in [-0.39, 0.29) is 12.6 Å². The summed E-state index contributed by atoms with van der Waals surface area (Å²) in [6.07, 6.45) is -0.354. The molecule has 0 aliphatic carbocycles. The smallest absolute Gasteiger partial charge is 0.319 e. The van der Waals surface area contributed by atoms with E-state index >= 15 is 0 Å². The summed E-state index contributed by atoms with van der Waals surface area (Å²) in [5, 5.41) is 4.72. The summed E-state index contributed by atoms with van der Waals surface area (Å²) in [6, 6.07) is 10.3. The second-order valence-electron chi connectivity index (χ2n) is 5.01. The molecule has 0 bridgehead atoms. The molecule has 122 valence electrons. The van der Waals surface area contributed by atoms with Crippen LogP contribution in [0.25, 0.3) is 0 Å². The van der Waals surface area contributed by atoms with Crippen molar-refractivity contribution in [1.29, 1.82) is 0 Å². The Morgan fingerprint density at radius 3 is 2.39 bits per heavy atom. The van der Waals surface area contributed by atoms with E-state index in [0.29, 0.717) is 0 Å². The van der Waals surface area contributed by atoms with Crippen LogP contribution in [0.1, 0.15) is 17.2 Å². The molecular weight excluding hydrogens is 302 g/mol. The normalized spacial score (nSPS) is 11.8. The zero-order valence-corrected chi connectivity index (χ0v) is 12.9. The van der Waals surface area contributed by atoms with Crippen LogP contribution < -0.4 is 10.6 Å². The van der Waals surface area contributed by atoms with Gasteiger partial charge in [-0.2, -0.15) is 0 Å². The average molecular weight is 320 g/mol. The van der Waals surface area contributed by atoms with E-state index in [0.717, 1.165) is 23.3 Å². The Hall–Kier alpha value is -2.47. The molecule has 2 rings (SSSR count). The fourth-order valence-electron chi connectivity index (χ4n) is 2.23. The van der Waals surface area contributed by atoms with E-state index in [4.69, 9.17) is 4.74 Å². The number of nitrogens with one attached hydrogen (secondary N) is 2. The van der Waals surface area contributed by atoms with Gasteiger partial charge in [-0.05, 0) is 30.2 Å². The van der Waals surface area contributed by atoms with Gasteiger partial charge < -0.3 is 15.4 Å². The lowest BCUT2D eigenvalue weighted by molar-refractivity contribution is 0.104. The van der Waals surface area contributed by atoms with Crippen LogP contribution in [-0.2, 0) is 4.74 Å². The fraction of sp³-hybridized carbons (Fsp3) is 0.235. The number of methoxy groups -OCH3 is 1. The molecule has 1 atom stereocenters. The van der Waals surface area contributed by atoms with Crippen molar-refractivity contribution in [2.24, 2.45) is 0 Å². The molecule has 23 heavy (non-hydrogen) atoms. The van der Waals surface area contributed by atoms with Gasteiger partial charge in [-0.3, -0.25) is 0 Å². The SMILES string of the molecule is COC(CNC(=O)Nc1c(F)cccc1F)c1ccccc1C. The first-order chi connectivity index (χ1) is 11.0. The summed E-state index contributed by atoms with van der Waals surface area (Å²) >= 11 is 0. The van der Waals surface area contributed by atoms with Crippen molar-refractivity contribution in [1.82, 2.24) is 5.32 Å². The molecule has 0 saturated heterocycles. The minimum absolute atomic E-state index is 0.170. The molecule has 2 N–H and O–H groups in total. The highest BCUT2D eigenvalue weighted by atomic mass is 19.1. The Bertz CT molecular complexity index is 672. The lowest BCUT2D eigenvalue weighted by Gasteiger charge is -2.19. The van der Waals surface area contributed by atoms with Gasteiger partial charge in [0.25, 0.3) is 0 Å². The molecule has 0 aliphatic heterocycles. The van der Waals surface area contributed by atoms with E-state index in [9.17, 15) is 13.6 Å². The number of anilines is 1. The molecule has 6 heteroatoms. The Morgan fingerprint density at radius 2 is 1.78 bits per heavy atom. The van der Waals surface area contributed by atoms with Gasteiger partial charge >= 0.3 is 6.03 Å². The first kappa shape index (κ1) is 16.9. The van der Waals surface area contributed by atoms with Gasteiger partial charge in [0.05, 0.1) is 6.10 Å². The van der Waals surface area contributed by atoms with Gasteiger partial charge in [0.1, 0.15) is 17.3 Å². The molecule has 0 saturated carbocycles. The molecule has 2 aromatic rings. The van der Waals surface area contributed by atoms with Crippen molar-refractivity contribution in [3.63, 3.8) is 0 Å². The van der Waals surface area contributed by atoms with E-state index in [2.05, 4.69) is 10.6 Å². The van der Waals surface area contributed by atoms with E-state index in [1.54, 1.807) is 0 Å². The van der Waals surface area contributed by atoms with E-state index in [1.807, 2.05) is 31.2 Å². The monoisotopic (exact) mass is 320 g/mol. The third-order valence-corrected chi connectivity index (χ3v) is 3.47. The molecule has 0 fully saturated rings. The number of rotatable bonds is 5. The molecule has 0 spiro atoms. The van der Waals surface area contributed by atoms with Gasteiger partial charge in [0.15, 0.2) is 0 Å². The summed E-state index contributed by atoms with van der Waals surface area (Å²) < 4.78 is 32.3. The van der Waals surface area contributed by atoms with Crippen molar-refractivity contribution in [2.45, 2.75) is 13.0 Å². The van der Waals surface area contributed by atoms with Crippen LogP contribution in [0.3, 0.4) is 0 Å². The number of amides is 2. The van der Waals surface area contributed by atoms with Gasteiger partial charge in [-0.1, -0.05) is 30.3 Å². The van der Waals surface area contributed by atoms with Crippen molar-refractivity contribution in [2.75, 3.05) is 19.0 Å². The third kappa shape index (κ3) is 4.26. The Labute approximate surface area is 133 Å². The fourth-order valence-corrected chi connectivity index (χ4v) is 2.23. The largest absolute Gasteiger partial charge is 0.375 e. The number of benzene rings is 2. The van der Waals surface area contributed by atoms with Crippen LogP contribution in [0, 0.1) is 18.6 Å². The van der Waals surface area contributed by atoms with Gasteiger partial charge in [0.2, 0.25) is 0 Å². The number of urea groups is 1. The highest BCUT2D eigenvalue weighted by Crippen LogP contribution is 2.20. The van der Waals surface area contributed by atoms with Crippen molar-refractivity contribution >= 4 is 11.7 Å². The molecule has 1 unspecified atom stereocenters. The standard InChI is InChI=1S/C17H18F2N2O2/c1-11-6-3-4-7-12(11)15(23-2)10-20-17(22)21-16-13(18)8-5-9-14(16)19/h3-9,15H,10H2,1-2H3,(H2,20,21,22). The maximum atomic E-state index is 13.5. The van der Waals surface area contributed by atoms with E-state index in [1.165, 1.54) is 13.2 Å². The number of ether oxygens (including phenoxy) is 1. The van der Waals surface area contributed by atoms with Gasteiger partial charge in [0, 0.05) is 13.7 Å².